The number of aryl methyl sites for hydroxylation is 1. The van der Waals surface area contributed by atoms with E-state index >= 15 is 0 Å². The predicted molar refractivity (Wildman–Crippen MR) is 159 cm³/mol. The summed E-state index contributed by atoms with van der Waals surface area (Å²) in [5.74, 6) is -1.07. The molecule has 8 heteroatoms. The second kappa shape index (κ2) is 12.5. The summed E-state index contributed by atoms with van der Waals surface area (Å²) in [7, 11) is 0. The van der Waals surface area contributed by atoms with Gasteiger partial charge in [0.25, 0.3) is 5.69 Å². The van der Waals surface area contributed by atoms with Crippen molar-refractivity contribution in [2.45, 2.75) is 64.5 Å². The standard InChI is InChI=1S/C33H37N3O5/c1-23-9-11-25(12-10-23)30(21-32(37)38)35(33(39)26-13-14-26)22-24-7-6-8-27(19-24)28-15-16-29(31(20-28)36(40)41)34-17-4-2-3-5-18-34/h6-12,15-16,19-20,26,30H,2-5,13-14,17-18,21-22H2,1H3,(H,37,38). The van der Waals surface area contributed by atoms with E-state index in [9.17, 15) is 24.8 Å². The van der Waals surface area contributed by atoms with Gasteiger partial charge in [-0.05, 0) is 67.0 Å². The number of rotatable bonds is 10. The third-order valence-electron chi connectivity index (χ3n) is 8.15. The molecular formula is C33H37N3O5. The Morgan fingerprint density at radius 1 is 0.976 bits per heavy atom. The monoisotopic (exact) mass is 555 g/mol. The number of carboxylic acid groups (broad SMARTS) is 1. The number of hydrogen-bond acceptors (Lipinski definition) is 5. The number of carbonyl (C=O) groups excluding carboxylic acids is 1. The average Bonchev–Trinajstić information content (AvgIpc) is 3.83. The number of nitro groups is 1. The molecule has 214 valence electrons. The number of benzene rings is 3. The lowest BCUT2D eigenvalue weighted by Gasteiger charge is -2.32. The van der Waals surface area contributed by atoms with Crippen LogP contribution in [-0.4, -0.2) is 39.9 Å². The van der Waals surface area contributed by atoms with E-state index in [0.29, 0.717) is 5.69 Å². The van der Waals surface area contributed by atoms with E-state index < -0.39 is 12.0 Å². The van der Waals surface area contributed by atoms with Crippen LogP contribution in [0.1, 0.15) is 67.7 Å². The smallest absolute Gasteiger partial charge is 0.305 e. The summed E-state index contributed by atoms with van der Waals surface area (Å²) in [5.41, 5.74) is 5.01. The van der Waals surface area contributed by atoms with Crippen LogP contribution < -0.4 is 4.90 Å². The van der Waals surface area contributed by atoms with Gasteiger partial charge in [0.15, 0.2) is 0 Å². The molecule has 8 nitrogen and oxygen atoms in total. The van der Waals surface area contributed by atoms with Crippen molar-refractivity contribution in [3.8, 4) is 11.1 Å². The first-order valence-corrected chi connectivity index (χ1v) is 14.5. The van der Waals surface area contributed by atoms with Gasteiger partial charge in [-0.2, -0.15) is 0 Å². The molecule has 1 unspecified atom stereocenters. The zero-order chi connectivity index (χ0) is 28.9. The summed E-state index contributed by atoms with van der Waals surface area (Å²) in [6, 6.07) is 20.2. The van der Waals surface area contributed by atoms with Crippen LogP contribution in [0.15, 0.2) is 66.7 Å². The Hall–Kier alpha value is -4.20. The Bertz CT molecular complexity index is 1410. The van der Waals surface area contributed by atoms with E-state index in [1.165, 1.54) is 0 Å². The maximum absolute atomic E-state index is 13.5. The average molecular weight is 556 g/mol. The molecule has 0 bridgehead atoms. The molecule has 0 radical (unpaired) electrons. The van der Waals surface area contributed by atoms with Gasteiger partial charge in [0.05, 0.1) is 17.4 Å². The second-order valence-electron chi connectivity index (χ2n) is 11.3. The van der Waals surface area contributed by atoms with Gasteiger partial charge >= 0.3 is 5.97 Å². The lowest BCUT2D eigenvalue weighted by atomic mass is 9.98. The summed E-state index contributed by atoms with van der Waals surface area (Å²) in [6.07, 6.45) is 5.79. The van der Waals surface area contributed by atoms with Crippen LogP contribution in [0.25, 0.3) is 11.1 Å². The molecule has 1 N–H and O–H groups in total. The van der Waals surface area contributed by atoms with Gasteiger partial charge in [0, 0.05) is 31.6 Å². The topological polar surface area (TPSA) is 104 Å². The van der Waals surface area contributed by atoms with E-state index in [0.717, 1.165) is 79.4 Å². The minimum Gasteiger partial charge on any atom is -0.481 e. The van der Waals surface area contributed by atoms with E-state index in [1.54, 1.807) is 11.0 Å². The molecule has 2 aliphatic rings. The number of hydrogen-bond donors (Lipinski definition) is 1. The van der Waals surface area contributed by atoms with Gasteiger partial charge < -0.3 is 14.9 Å². The van der Waals surface area contributed by atoms with Gasteiger partial charge in [-0.15, -0.1) is 0 Å². The summed E-state index contributed by atoms with van der Waals surface area (Å²) in [6.45, 7) is 3.86. The fraction of sp³-hybridized carbons (Fsp3) is 0.394. The molecule has 3 aromatic carbocycles. The van der Waals surface area contributed by atoms with Crippen molar-refractivity contribution in [3.63, 3.8) is 0 Å². The molecule has 2 fully saturated rings. The Morgan fingerprint density at radius 3 is 2.29 bits per heavy atom. The lowest BCUT2D eigenvalue weighted by molar-refractivity contribution is -0.384. The first-order chi connectivity index (χ1) is 19.8. The summed E-state index contributed by atoms with van der Waals surface area (Å²) in [4.78, 5) is 41.0. The van der Waals surface area contributed by atoms with E-state index in [2.05, 4.69) is 4.90 Å². The van der Waals surface area contributed by atoms with E-state index in [4.69, 9.17) is 0 Å². The predicted octanol–water partition coefficient (Wildman–Crippen LogP) is 6.91. The van der Waals surface area contributed by atoms with Gasteiger partial charge in [-0.25, -0.2) is 0 Å². The lowest BCUT2D eigenvalue weighted by Crippen LogP contribution is -2.36. The van der Waals surface area contributed by atoms with Gasteiger partial charge in [0.1, 0.15) is 5.69 Å². The SMILES string of the molecule is Cc1ccc(C(CC(=O)O)N(Cc2cccc(-c3ccc(N4CCCCCC4)c([N+](=O)[O-])c3)c2)C(=O)C2CC2)cc1. The number of amides is 1. The highest BCUT2D eigenvalue weighted by Gasteiger charge is 2.37. The Labute approximate surface area is 240 Å². The number of aliphatic carboxylic acids is 1. The summed E-state index contributed by atoms with van der Waals surface area (Å²) >= 11 is 0. The number of anilines is 1. The van der Waals surface area contributed by atoms with Gasteiger partial charge in [0.2, 0.25) is 5.91 Å². The fourth-order valence-corrected chi connectivity index (χ4v) is 5.74. The number of carboxylic acids is 1. The van der Waals surface area contributed by atoms with Gasteiger partial charge in [-0.1, -0.05) is 66.9 Å². The van der Waals surface area contributed by atoms with Crippen LogP contribution >= 0.6 is 0 Å². The first-order valence-electron chi connectivity index (χ1n) is 14.5. The molecule has 1 saturated carbocycles. The minimum absolute atomic E-state index is 0.0281. The highest BCUT2D eigenvalue weighted by atomic mass is 16.6. The quantitative estimate of drug-likeness (QED) is 0.215. The zero-order valence-electron chi connectivity index (χ0n) is 23.5. The molecule has 1 heterocycles. The van der Waals surface area contributed by atoms with Crippen molar-refractivity contribution in [1.82, 2.24) is 4.90 Å². The third kappa shape index (κ3) is 6.93. The molecule has 1 aliphatic heterocycles. The number of nitrogens with zero attached hydrogens (tertiary/aromatic N) is 3. The van der Waals surface area contributed by atoms with Crippen LogP contribution in [0.3, 0.4) is 0 Å². The van der Waals surface area contributed by atoms with Crippen molar-refractivity contribution in [1.29, 1.82) is 0 Å². The van der Waals surface area contributed by atoms with Crippen LogP contribution in [0, 0.1) is 23.0 Å². The van der Waals surface area contributed by atoms with Crippen molar-refractivity contribution in [2.24, 2.45) is 5.92 Å². The molecule has 1 saturated heterocycles. The Kier molecular flexibility index (Phi) is 8.67. The molecule has 3 aromatic rings. The second-order valence-corrected chi connectivity index (χ2v) is 11.3. The first kappa shape index (κ1) is 28.3. The van der Waals surface area contributed by atoms with E-state index in [1.807, 2.05) is 67.6 Å². The number of nitro benzene ring substituents is 1. The molecular weight excluding hydrogens is 518 g/mol. The molecule has 0 spiro atoms. The van der Waals surface area contributed by atoms with Crippen LogP contribution in [0.2, 0.25) is 0 Å². The fourth-order valence-electron chi connectivity index (χ4n) is 5.74. The molecule has 41 heavy (non-hydrogen) atoms. The third-order valence-corrected chi connectivity index (χ3v) is 8.15. The maximum atomic E-state index is 13.5. The van der Waals surface area contributed by atoms with Crippen LogP contribution in [-0.2, 0) is 16.1 Å². The van der Waals surface area contributed by atoms with Gasteiger partial charge in [-0.3, -0.25) is 19.7 Å². The van der Waals surface area contributed by atoms with Crippen molar-refractivity contribution in [2.75, 3.05) is 18.0 Å². The minimum atomic E-state index is -0.963. The van der Waals surface area contributed by atoms with Crippen molar-refractivity contribution in [3.05, 3.63) is 93.5 Å². The molecule has 1 amide bonds. The Balaban J connectivity index is 1.46. The highest BCUT2D eigenvalue weighted by Crippen LogP contribution is 2.38. The van der Waals surface area contributed by atoms with Crippen molar-refractivity contribution >= 4 is 23.3 Å². The highest BCUT2D eigenvalue weighted by molar-refractivity contribution is 5.82. The normalized spacial score (nSPS) is 16.1. The molecule has 5 rings (SSSR count). The molecule has 1 aliphatic carbocycles. The Morgan fingerprint density at radius 2 is 1.66 bits per heavy atom. The maximum Gasteiger partial charge on any atom is 0.305 e. The molecule has 1 atom stereocenters. The molecule has 0 aromatic heterocycles. The van der Waals surface area contributed by atoms with E-state index in [-0.39, 0.29) is 35.4 Å². The van der Waals surface area contributed by atoms with Crippen molar-refractivity contribution < 1.29 is 19.6 Å². The van der Waals surface area contributed by atoms with Crippen LogP contribution in [0.5, 0.6) is 0 Å². The summed E-state index contributed by atoms with van der Waals surface area (Å²) < 4.78 is 0. The largest absolute Gasteiger partial charge is 0.481 e. The number of carbonyl (C=O) groups is 2. The van der Waals surface area contributed by atoms with Crippen LogP contribution in [0.4, 0.5) is 11.4 Å². The zero-order valence-corrected chi connectivity index (χ0v) is 23.5. The summed E-state index contributed by atoms with van der Waals surface area (Å²) in [5, 5.41) is 21.8.